The van der Waals surface area contributed by atoms with Crippen LogP contribution in [-0.2, 0) is 12.4 Å². The van der Waals surface area contributed by atoms with Gasteiger partial charge in [-0.05, 0) is 37.6 Å². The largest absolute Gasteiger partial charge is 0.326 e. The van der Waals surface area contributed by atoms with Crippen molar-refractivity contribution < 1.29 is 0 Å². The zero-order chi connectivity index (χ0) is 14.1. The predicted molar refractivity (Wildman–Crippen MR) is 87.3 cm³/mol. The minimum atomic E-state index is 0.460. The standard InChI is InChI=1S/C15H19BrClN3/c1-2-19(12-4-5-12)7-8-20-14-6-3-11(16)9-13(14)18-15(20)10-17/h3,6,9,12H,2,4-5,7-8,10H2,1H3. The van der Waals surface area contributed by atoms with Crippen LogP contribution in [0.4, 0.5) is 0 Å². The fraction of sp³-hybridized carbons (Fsp3) is 0.533. The van der Waals surface area contributed by atoms with Crippen molar-refractivity contribution in [2.45, 2.75) is 38.2 Å². The Balaban J connectivity index is 1.85. The summed E-state index contributed by atoms with van der Waals surface area (Å²) in [5, 5.41) is 0. The Morgan fingerprint density at radius 3 is 2.90 bits per heavy atom. The summed E-state index contributed by atoms with van der Waals surface area (Å²) in [4.78, 5) is 7.20. The minimum absolute atomic E-state index is 0.460. The molecular weight excluding hydrogens is 338 g/mol. The highest BCUT2D eigenvalue weighted by Crippen LogP contribution is 2.27. The molecule has 0 atom stereocenters. The minimum Gasteiger partial charge on any atom is -0.326 e. The first kappa shape index (κ1) is 14.4. The van der Waals surface area contributed by atoms with E-state index < -0.39 is 0 Å². The van der Waals surface area contributed by atoms with Gasteiger partial charge in [-0.2, -0.15) is 0 Å². The van der Waals surface area contributed by atoms with Crippen molar-refractivity contribution in [2.75, 3.05) is 13.1 Å². The smallest absolute Gasteiger partial charge is 0.124 e. The number of fused-ring (bicyclic) bond motifs is 1. The van der Waals surface area contributed by atoms with Crippen molar-refractivity contribution >= 4 is 38.6 Å². The second kappa shape index (κ2) is 6.04. The lowest BCUT2D eigenvalue weighted by molar-refractivity contribution is 0.266. The van der Waals surface area contributed by atoms with Gasteiger partial charge in [0, 0.05) is 23.6 Å². The van der Waals surface area contributed by atoms with Crippen molar-refractivity contribution in [2.24, 2.45) is 0 Å². The molecular formula is C15H19BrClN3. The molecule has 1 aromatic heterocycles. The van der Waals surface area contributed by atoms with Crippen molar-refractivity contribution in [1.82, 2.24) is 14.5 Å². The first-order valence-electron chi connectivity index (χ1n) is 7.17. The van der Waals surface area contributed by atoms with Gasteiger partial charge in [0.2, 0.25) is 0 Å². The Hall–Kier alpha value is -0.580. The fourth-order valence-electron chi connectivity index (χ4n) is 2.77. The summed E-state index contributed by atoms with van der Waals surface area (Å²) in [6.45, 7) is 5.40. The average Bonchev–Trinajstić information content (AvgIpc) is 3.22. The van der Waals surface area contributed by atoms with Crippen molar-refractivity contribution in [3.05, 3.63) is 28.5 Å². The molecule has 3 rings (SSSR count). The number of hydrogen-bond acceptors (Lipinski definition) is 2. The van der Waals surface area contributed by atoms with Crippen LogP contribution in [0.1, 0.15) is 25.6 Å². The van der Waals surface area contributed by atoms with Crippen LogP contribution < -0.4 is 0 Å². The van der Waals surface area contributed by atoms with E-state index in [-0.39, 0.29) is 0 Å². The normalized spacial score (nSPS) is 15.4. The zero-order valence-electron chi connectivity index (χ0n) is 11.6. The van der Waals surface area contributed by atoms with Gasteiger partial charge in [0.25, 0.3) is 0 Å². The average molecular weight is 357 g/mol. The molecule has 0 spiro atoms. The lowest BCUT2D eigenvalue weighted by Gasteiger charge is -2.20. The molecule has 0 N–H and O–H groups in total. The van der Waals surface area contributed by atoms with Crippen LogP contribution in [0, 0.1) is 0 Å². The zero-order valence-corrected chi connectivity index (χ0v) is 14.0. The first-order valence-corrected chi connectivity index (χ1v) is 8.50. The number of nitrogens with zero attached hydrogens (tertiary/aromatic N) is 3. The van der Waals surface area contributed by atoms with Crippen LogP contribution in [0.15, 0.2) is 22.7 Å². The van der Waals surface area contributed by atoms with Crippen molar-refractivity contribution in [3.8, 4) is 0 Å². The van der Waals surface area contributed by atoms with Crippen LogP contribution in [0.25, 0.3) is 11.0 Å². The number of alkyl halides is 1. The third-order valence-corrected chi connectivity index (χ3v) is 4.72. The SMILES string of the molecule is CCN(CCn1c(CCl)nc2cc(Br)ccc21)C1CC1. The van der Waals surface area contributed by atoms with E-state index in [1.54, 1.807) is 0 Å². The summed E-state index contributed by atoms with van der Waals surface area (Å²) in [5.74, 6) is 1.42. The van der Waals surface area contributed by atoms with Crippen LogP contribution in [0.2, 0.25) is 0 Å². The van der Waals surface area contributed by atoms with Gasteiger partial charge in [-0.25, -0.2) is 4.98 Å². The molecule has 5 heteroatoms. The van der Waals surface area contributed by atoms with E-state index in [2.05, 4.69) is 55.5 Å². The van der Waals surface area contributed by atoms with Crippen LogP contribution in [-0.4, -0.2) is 33.6 Å². The molecule has 108 valence electrons. The van der Waals surface area contributed by atoms with E-state index in [9.17, 15) is 0 Å². The predicted octanol–water partition coefficient (Wildman–Crippen LogP) is 4.02. The van der Waals surface area contributed by atoms with Gasteiger partial charge in [0.15, 0.2) is 0 Å². The van der Waals surface area contributed by atoms with Gasteiger partial charge in [-0.1, -0.05) is 22.9 Å². The number of halogens is 2. The third kappa shape index (κ3) is 2.87. The van der Waals surface area contributed by atoms with E-state index in [4.69, 9.17) is 11.6 Å². The summed E-state index contributed by atoms with van der Waals surface area (Å²) in [6.07, 6.45) is 2.71. The number of hydrogen-bond donors (Lipinski definition) is 0. The topological polar surface area (TPSA) is 21.1 Å². The summed E-state index contributed by atoms with van der Waals surface area (Å²) >= 11 is 9.56. The number of likely N-dealkylation sites (N-methyl/N-ethyl adjacent to an activating group) is 1. The number of benzene rings is 1. The van der Waals surface area contributed by atoms with E-state index in [1.165, 1.54) is 18.4 Å². The lowest BCUT2D eigenvalue weighted by atomic mass is 10.3. The molecule has 2 aromatic rings. The molecule has 0 amide bonds. The van der Waals surface area contributed by atoms with Gasteiger partial charge < -0.3 is 4.57 Å². The van der Waals surface area contributed by atoms with Crippen LogP contribution in [0.5, 0.6) is 0 Å². The van der Waals surface area contributed by atoms with E-state index >= 15 is 0 Å². The molecule has 3 nitrogen and oxygen atoms in total. The van der Waals surface area contributed by atoms with E-state index in [1.807, 2.05) is 0 Å². The highest BCUT2D eigenvalue weighted by Gasteiger charge is 2.27. The second-order valence-corrected chi connectivity index (χ2v) is 6.49. The van der Waals surface area contributed by atoms with Crippen molar-refractivity contribution in [1.29, 1.82) is 0 Å². The molecule has 1 heterocycles. The molecule has 1 aromatic carbocycles. The number of imidazole rings is 1. The van der Waals surface area contributed by atoms with Gasteiger partial charge in [-0.3, -0.25) is 4.90 Å². The quantitative estimate of drug-likeness (QED) is 0.729. The van der Waals surface area contributed by atoms with E-state index in [0.717, 1.165) is 41.5 Å². The third-order valence-electron chi connectivity index (χ3n) is 3.99. The van der Waals surface area contributed by atoms with Gasteiger partial charge in [0.05, 0.1) is 16.9 Å². The van der Waals surface area contributed by atoms with Gasteiger partial charge in [-0.15, -0.1) is 11.6 Å². The van der Waals surface area contributed by atoms with Crippen molar-refractivity contribution in [3.63, 3.8) is 0 Å². The maximum absolute atomic E-state index is 6.06. The fourth-order valence-corrected chi connectivity index (χ4v) is 3.32. The summed E-state index contributed by atoms with van der Waals surface area (Å²) in [7, 11) is 0. The number of aromatic nitrogens is 2. The van der Waals surface area contributed by atoms with Crippen LogP contribution in [0.3, 0.4) is 0 Å². The monoisotopic (exact) mass is 355 g/mol. The highest BCUT2D eigenvalue weighted by molar-refractivity contribution is 9.10. The summed E-state index contributed by atoms with van der Waals surface area (Å²) < 4.78 is 3.32. The van der Waals surface area contributed by atoms with E-state index in [0.29, 0.717) is 5.88 Å². The molecule has 0 aliphatic heterocycles. The maximum atomic E-state index is 6.06. The Bertz CT molecular complexity index is 606. The molecule has 0 unspecified atom stereocenters. The highest BCUT2D eigenvalue weighted by atomic mass is 79.9. The summed E-state index contributed by atoms with van der Waals surface area (Å²) in [6, 6.07) is 7.05. The molecule has 0 radical (unpaired) electrons. The molecule has 1 fully saturated rings. The molecule has 20 heavy (non-hydrogen) atoms. The van der Waals surface area contributed by atoms with Crippen LogP contribution >= 0.6 is 27.5 Å². The molecule has 1 aliphatic rings. The van der Waals surface area contributed by atoms with Gasteiger partial charge in [0.1, 0.15) is 5.82 Å². The molecule has 1 saturated carbocycles. The van der Waals surface area contributed by atoms with Gasteiger partial charge >= 0.3 is 0 Å². The Kier molecular flexibility index (Phi) is 4.34. The molecule has 1 aliphatic carbocycles. The Morgan fingerprint density at radius 2 is 2.25 bits per heavy atom. The maximum Gasteiger partial charge on any atom is 0.124 e. The Morgan fingerprint density at radius 1 is 1.45 bits per heavy atom. The second-order valence-electron chi connectivity index (χ2n) is 5.31. The summed E-state index contributed by atoms with van der Waals surface area (Å²) in [5.41, 5.74) is 2.19. The molecule has 0 bridgehead atoms. The first-order chi connectivity index (χ1) is 9.72. The molecule has 0 saturated heterocycles. The lowest BCUT2D eigenvalue weighted by Crippen LogP contribution is -2.29. The number of rotatable bonds is 6. The Labute approximate surface area is 133 Å².